The number of H-pyrrole nitrogens is 1. The van der Waals surface area contributed by atoms with Gasteiger partial charge >= 0.3 is 0 Å². The van der Waals surface area contributed by atoms with Crippen LogP contribution in [0.2, 0.25) is 0 Å². The number of aromatic nitrogens is 4. The molecule has 0 saturated heterocycles. The number of hydrogen-bond acceptors (Lipinski definition) is 4. The largest absolute Gasteiger partial charge is 0.480 e. The average Bonchev–Trinajstić information content (AvgIpc) is 3.16. The molecule has 0 bridgehead atoms. The molecule has 5 heteroatoms. The number of rotatable bonds is 3. The third-order valence-corrected chi connectivity index (χ3v) is 5.09. The summed E-state index contributed by atoms with van der Waals surface area (Å²) >= 11 is 0. The number of pyridine rings is 1. The Kier molecular flexibility index (Phi) is 3.79. The molecule has 0 fully saturated rings. The summed E-state index contributed by atoms with van der Waals surface area (Å²) < 4.78 is 5.41. The van der Waals surface area contributed by atoms with Gasteiger partial charge in [-0.1, -0.05) is 30.3 Å². The van der Waals surface area contributed by atoms with Crippen LogP contribution in [0.25, 0.3) is 44.2 Å². The fourth-order valence-corrected chi connectivity index (χ4v) is 3.65. The topological polar surface area (TPSA) is 63.7 Å². The number of methoxy groups -OCH3 is 1. The van der Waals surface area contributed by atoms with Crippen molar-refractivity contribution in [3.8, 4) is 28.1 Å². The molecule has 3 heterocycles. The van der Waals surface area contributed by atoms with Gasteiger partial charge < -0.3 is 9.72 Å². The summed E-state index contributed by atoms with van der Waals surface area (Å²) in [5, 5.41) is 1.97. The number of benzene rings is 2. The molecule has 0 radical (unpaired) electrons. The van der Waals surface area contributed by atoms with E-state index in [0.717, 1.165) is 38.6 Å². The van der Waals surface area contributed by atoms with Crippen LogP contribution in [0.5, 0.6) is 5.88 Å². The van der Waals surface area contributed by atoms with Crippen molar-refractivity contribution < 1.29 is 4.74 Å². The summed E-state index contributed by atoms with van der Waals surface area (Å²) in [6.07, 6.45) is 5.43. The molecule has 2 aromatic carbocycles. The first kappa shape index (κ1) is 16.4. The Morgan fingerprint density at radius 1 is 0.857 bits per heavy atom. The zero-order chi connectivity index (χ0) is 19.1. The van der Waals surface area contributed by atoms with Crippen LogP contribution >= 0.6 is 0 Å². The molecule has 0 atom stereocenters. The summed E-state index contributed by atoms with van der Waals surface area (Å²) in [6.45, 7) is 2.12. The standard InChI is InChI=1S/C23H18N4O/c1-14-5-3-4-6-17(14)16-10-18-20(12-25-22(18)24-11-16)15-7-8-21-19(9-15)23(28-2)27-13-26-21/h3-13H,1-2H3,(H,24,25). The predicted octanol–water partition coefficient (Wildman–Crippen LogP) is 5.16. The smallest absolute Gasteiger partial charge is 0.224 e. The molecule has 0 spiro atoms. The molecule has 0 aliphatic carbocycles. The minimum atomic E-state index is 0.574. The molecule has 3 aromatic heterocycles. The van der Waals surface area contributed by atoms with Crippen LogP contribution in [-0.2, 0) is 0 Å². The van der Waals surface area contributed by atoms with Gasteiger partial charge in [-0.2, -0.15) is 0 Å². The van der Waals surface area contributed by atoms with Crippen molar-refractivity contribution in [1.29, 1.82) is 0 Å². The Labute approximate surface area is 162 Å². The van der Waals surface area contributed by atoms with Crippen molar-refractivity contribution in [1.82, 2.24) is 19.9 Å². The van der Waals surface area contributed by atoms with Gasteiger partial charge in [0, 0.05) is 28.9 Å². The van der Waals surface area contributed by atoms with Crippen LogP contribution < -0.4 is 4.74 Å². The summed E-state index contributed by atoms with van der Waals surface area (Å²) in [4.78, 5) is 16.5. The van der Waals surface area contributed by atoms with Crippen LogP contribution in [-0.4, -0.2) is 27.0 Å². The van der Waals surface area contributed by atoms with E-state index in [-0.39, 0.29) is 0 Å². The van der Waals surface area contributed by atoms with Gasteiger partial charge in [-0.3, -0.25) is 0 Å². The van der Waals surface area contributed by atoms with Crippen LogP contribution in [0, 0.1) is 6.92 Å². The quantitative estimate of drug-likeness (QED) is 0.479. The first-order chi connectivity index (χ1) is 13.7. The van der Waals surface area contributed by atoms with Gasteiger partial charge in [0.05, 0.1) is 18.0 Å². The second kappa shape index (κ2) is 6.46. The minimum absolute atomic E-state index is 0.574. The van der Waals surface area contributed by atoms with E-state index < -0.39 is 0 Å². The van der Waals surface area contributed by atoms with E-state index in [2.05, 4.69) is 69.3 Å². The lowest BCUT2D eigenvalue weighted by molar-refractivity contribution is 0.402. The Balaban J connectivity index is 1.70. The van der Waals surface area contributed by atoms with Gasteiger partial charge in [0.2, 0.25) is 5.88 Å². The van der Waals surface area contributed by atoms with Crippen molar-refractivity contribution in [2.45, 2.75) is 6.92 Å². The minimum Gasteiger partial charge on any atom is -0.480 e. The van der Waals surface area contributed by atoms with Crippen molar-refractivity contribution >= 4 is 21.9 Å². The molecule has 136 valence electrons. The highest BCUT2D eigenvalue weighted by atomic mass is 16.5. The van der Waals surface area contributed by atoms with E-state index in [1.54, 1.807) is 7.11 Å². The van der Waals surface area contributed by atoms with E-state index in [1.165, 1.54) is 17.5 Å². The lowest BCUT2D eigenvalue weighted by Gasteiger charge is -2.08. The maximum Gasteiger partial charge on any atom is 0.224 e. The van der Waals surface area contributed by atoms with Crippen molar-refractivity contribution in [2.24, 2.45) is 0 Å². The average molecular weight is 366 g/mol. The predicted molar refractivity (Wildman–Crippen MR) is 111 cm³/mol. The Hall–Kier alpha value is -3.73. The molecule has 5 rings (SSSR count). The van der Waals surface area contributed by atoms with Gasteiger partial charge in [-0.25, -0.2) is 15.0 Å². The van der Waals surface area contributed by atoms with Crippen LogP contribution in [0.15, 0.2) is 67.3 Å². The summed E-state index contributed by atoms with van der Waals surface area (Å²) in [5.74, 6) is 0.574. The zero-order valence-electron chi connectivity index (χ0n) is 15.6. The third kappa shape index (κ3) is 2.60. The number of fused-ring (bicyclic) bond motifs is 2. The SMILES string of the molecule is COc1ncnc2ccc(-c3c[nH]c4ncc(-c5ccccc5C)cc34)cc12. The Morgan fingerprint density at radius 2 is 1.71 bits per heavy atom. The summed E-state index contributed by atoms with van der Waals surface area (Å²) in [5.41, 5.74) is 7.40. The third-order valence-electron chi connectivity index (χ3n) is 5.09. The Morgan fingerprint density at radius 3 is 2.57 bits per heavy atom. The number of aromatic amines is 1. The molecule has 5 aromatic rings. The van der Waals surface area contributed by atoms with Gasteiger partial charge in [0.15, 0.2) is 0 Å². The van der Waals surface area contributed by atoms with Crippen molar-refractivity contribution in [3.05, 3.63) is 72.8 Å². The van der Waals surface area contributed by atoms with Gasteiger partial charge in [0.25, 0.3) is 0 Å². The highest BCUT2D eigenvalue weighted by Crippen LogP contribution is 2.34. The molecule has 0 aliphatic rings. The zero-order valence-corrected chi connectivity index (χ0v) is 15.6. The Bertz CT molecular complexity index is 1320. The molecule has 28 heavy (non-hydrogen) atoms. The molecule has 0 amide bonds. The van der Waals surface area contributed by atoms with Crippen LogP contribution in [0.4, 0.5) is 0 Å². The number of aryl methyl sites for hydroxylation is 1. The number of nitrogens with zero attached hydrogens (tertiary/aromatic N) is 3. The van der Waals surface area contributed by atoms with Crippen LogP contribution in [0.3, 0.4) is 0 Å². The number of hydrogen-bond donors (Lipinski definition) is 1. The first-order valence-electron chi connectivity index (χ1n) is 9.07. The second-order valence-corrected chi connectivity index (χ2v) is 6.75. The van der Waals surface area contributed by atoms with Crippen molar-refractivity contribution in [2.75, 3.05) is 7.11 Å². The van der Waals surface area contributed by atoms with E-state index in [9.17, 15) is 0 Å². The molecule has 5 nitrogen and oxygen atoms in total. The monoisotopic (exact) mass is 366 g/mol. The van der Waals surface area contributed by atoms with Gasteiger partial charge in [-0.05, 0) is 41.8 Å². The molecular formula is C23H18N4O. The number of nitrogens with one attached hydrogen (secondary N) is 1. The van der Waals surface area contributed by atoms with Gasteiger partial charge in [0.1, 0.15) is 12.0 Å². The fourth-order valence-electron chi connectivity index (χ4n) is 3.65. The van der Waals surface area contributed by atoms with Crippen molar-refractivity contribution in [3.63, 3.8) is 0 Å². The maximum absolute atomic E-state index is 5.41. The first-order valence-corrected chi connectivity index (χ1v) is 9.07. The molecular weight excluding hydrogens is 348 g/mol. The van der Waals surface area contributed by atoms with Crippen LogP contribution in [0.1, 0.15) is 5.56 Å². The van der Waals surface area contributed by atoms with E-state index in [4.69, 9.17) is 4.74 Å². The van der Waals surface area contributed by atoms with E-state index in [0.29, 0.717) is 5.88 Å². The molecule has 1 N–H and O–H groups in total. The molecule has 0 saturated carbocycles. The molecule has 0 unspecified atom stereocenters. The van der Waals surface area contributed by atoms with Gasteiger partial charge in [-0.15, -0.1) is 0 Å². The lowest BCUT2D eigenvalue weighted by atomic mass is 9.99. The number of ether oxygens (including phenoxy) is 1. The highest BCUT2D eigenvalue weighted by molar-refractivity contribution is 5.98. The normalized spacial score (nSPS) is 11.2. The lowest BCUT2D eigenvalue weighted by Crippen LogP contribution is -1.91. The maximum atomic E-state index is 5.41. The van der Waals surface area contributed by atoms with E-state index >= 15 is 0 Å². The highest BCUT2D eigenvalue weighted by Gasteiger charge is 2.12. The summed E-state index contributed by atoms with van der Waals surface area (Å²) in [6, 6.07) is 16.7. The summed E-state index contributed by atoms with van der Waals surface area (Å²) in [7, 11) is 1.62. The van der Waals surface area contributed by atoms with E-state index in [1.807, 2.05) is 18.5 Å². The fraction of sp³-hybridized carbons (Fsp3) is 0.0870. The second-order valence-electron chi connectivity index (χ2n) is 6.75. The molecule has 0 aliphatic heterocycles.